The van der Waals surface area contributed by atoms with E-state index in [1.165, 1.54) is 0 Å². The second kappa shape index (κ2) is 8.01. The van der Waals surface area contributed by atoms with Gasteiger partial charge in [-0.3, -0.25) is 4.79 Å². The standard InChI is InChI=1S/C19H21ClN4OS/c1-12(2)18-17(10-22-24(18)16-6-4-5-14(20)9-16)19(25)21-8-7-15-11-26-13(3)23-15/h4-6,9-12H,7-8H2,1-3H3,(H,21,25). The summed E-state index contributed by atoms with van der Waals surface area (Å²) in [5, 5.41) is 11.1. The Morgan fingerprint density at radius 2 is 2.19 bits per heavy atom. The third-order valence-electron chi connectivity index (χ3n) is 3.98. The number of nitrogens with one attached hydrogen (secondary N) is 1. The molecule has 0 unspecified atom stereocenters. The summed E-state index contributed by atoms with van der Waals surface area (Å²) in [5.74, 6) is 0.0207. The SMILES string of the molecule is Cc1nc(CCNC(=O)c2cnn(-c3cccc(Cl)c3)c2C(C)C)cs1. The van der Waals surface area contributed by atoms with Crippen LogP contribution in [0, 0.1) is 6.92 Å². The molecule has 0 bridgehead atoms. The highest BCUT2D eigenvalue weighted by Crippen LogP contribution is 2.24. The summed E-state index contributed by atoms with van der Waals surface area (Å²) in [7, 11) is 0. The van der Waals surface area contributed by atoms with Gasteiger partial charge in [-0.15, -0.1) is 11.3 Å². The summed E-state index contributed by atoms with van der Waals surface area (Å²) in [6.45, 7) is 6.62. The van der Waals surface area contributed by atoms with Crippen molar-refractivity contribution in [2.45, 2.75) is 33.1 Å². The van der Waals surface area contributed by atoms with Crippen LogP contribution in [0.15, 0.2) is 35.8 Å². The predicted molar refractivity (Wildman–Crippen MR) is 106 cm³/mol. The molecule has 1 amide bonds. The van der Waals surface area contributed by atoms with Gasteiger partial charge < -0.3 is 5.32 Å². The van der Waals surface area contributed by atoms with E-state index in [0.29, 0.717) is 17.1 Å². The first-order chi connectivity index (χ1) is 12.5. The maximum atomic E-state index is 12.7. The van der Waals surface area contributed by atoms with E-state index >= 15 is 0 Å². The van der Waals surface area contributed by atoms with E-state index in [1.807, 2.05) is 50.4 Å². The molecule has 0 radical (unpaired) electrons. The molecular weight excluding hydrogens is 368 g/mol. The largest absolute Gasteiger partial charge is 0.352 e. The Morgan fingerprint density at radius 1 is 1.38 bits per heavy atom. The van der Waals surface area contributed by atoms with Crippen LogP contribution in [0.4, 0.5) is 0 Å². The summed E-state index contributed by atoms with van der Waals surface area (Å²) in [4.78, 5) is 17.1. The minimum absolute atomic E-state index is 0.117. The number of thiazole rings is 1. The molecule has 0 aliphatic heterocycles. The molecule has 26 heavy (non-hydrogen) atoms. The third kappa shape index (κ3) is 4.14. The maximum absolute atomic E-state index is 12.7. The van der Waals surface area contributed by atoms with Gasteiger partial charge in [-0.05, 0) is 31.0 Å². The normalized spacial score (nSPS) is 11.1. The first kappa shape index (κ1) is 18.6. The molecule has 1 aromatic carbocycles. The monoisotopic (exact) mass is 388 g/mol. The van der Waals surface area contributed by atoms with Gasteiger partial charge in [0, 0.05) is 23.4 Å². The average Bonchev–Trinajstić information content (AvgIpc) is 3.21. The molecule has 136 valence electrons. The van der Waals surface area contributed by atoms with Crippen molar-refractivity contribution < 1.29 is 4.79 Å². The summed E-state index contributed by atoms with van der Waals surface area (Å²) < 4.78 is 1.79. The lowest BCUT2D eigenvalue weighted by atomic mass is 10.0. The lowest BCUT2D eigenvalue weighted by molar-refractivity contribution is 0.0952. The Balaban J connectivity index is 1.77. The fourth-order valence-corrected chi connectivity index (χ4v) is 3.66. The molecule has 1 N–H and O–H groups in total. The highest BCUT2D eigenvalue weighted by atomic mass is 35.5. The van der Waals surface area contributed by atoms with Gasteiger partial charge in [0.15, 0.2) is 0 Å². The van der Waals surface area contributed by atoms with Gasteiger partial charge in [-0.25, -0.2) is 9.67 Å². The first-order valence-electron chi connectivity index (χ1n) is 8.48. The summed E-state index contributed by atoms with van der Waals surface area (Å²) in [6.07, 6.45) is 2.34. The number of amides is 1. The minimum atomic E-state index is -0.117. The number of benzene rings is 1. The zero-order valence-electron chi connectivity index (χ0n) is 15.0. The Morgan fingerprint density at radius 3 is 2.85 bits per heavy atom. The van der Waals surface area contributed by atoms with Crippen LogP contribution in [0.1, 0.15) is 46.5 Å². The van der Waals surface area contributed by atoms with Gasteiger partial charge in [0.1, 0.15) is 0 Å². The lowest BCUT2D eigenvalue weighted by Gasteiger charge is -2.13. The predicted octanol–water partition coefficient (Wildman–Crippen LogP) is 4.39. The maximum Gasteiger partial charge on any atom is 0.254 e. The van der Waals surface area contributed by atoms with Gasteiger partial charge in [-0.2, -0.15) is 5.10 Å². The van der Waals surface area contributed by atoms with Crippen molar-refractivity contribution >= 4 is 28.8 Å². The molecule has 0 saturated heterocycles. The van der Waals surface area contributed by atoms with Crippen molar-refractivity contribution in [3.8, 4) is 5.69 Å². The zero-order chi connectivity index (χ0) is 18.7. The van der Waals surface area contributed by atoms with Crippen molar-refractivity contribution in [1.29, 1.82) is 0 Å². The summed E-state index contributed by atoms with van der Waals surface area (Å²) in [5.41, 5.74) is 3.31. The number of carbonyl (C=O) groups is 1. The molecule has 0 aliphatic rings. The molecule has 0 fully saturated rings. The van der Waals surface area contributed by atoms with Crippen LogP contribution >= 0.6 is 22.9 Å². The highest BCUT2D eigenvalue weighted by molar-refractivity contribution is 7.09. The topological polar surface area (TPSA) is 59.8 Å². The fraction of sp³-hybridized carbons (Fsp3) is 0.316. The van der Waals surface area contributed by atoms with Crippen LogP contribution in [0.2, 0.25) is 5.02 Å². The van der Waals surface area contributed by atoms with Crippen LogP contribution in [-0.4, -0.2) is 27.2 Å². The molecule has 2 aromatic heterocycles. The summed E-state index contributed by atoms with van der Waals surface area (Å²) in [6, 6.07) is 7.46. The van der Waals surface area contributed by atoms with E-state index in [0.717, 1.165) is 28.5 Å². The Bertz CT molecular complexity index is 916. The van der Waals surface area contributed by atoms with Crippen molar-refractivity contribution in [2.24, 2.45) is 0 Å². The quantitative estimate of drug-likeness (QED) is 0.681. The van der Waals surface area contributed by atoms with Crippen molar-refractivity contribution in [2.75, 3.05) is 6.54 Å². The van der Waals surface area contributed by atoms with E-state index in [-0.39, 0.29) is 11.8 Å². The van der Waals surface area contributed by atoms with E-state index < -0.39 is 0 Å². The number of aromatic nitrogens is 3. The van der Waals surface area contributed by atoms with E-state index in [2.05, 4.69) is 15.4 Å². The number of rotatable bonds is 6. The number of halogens is 1. The molecule has 0 spiro atoms. The fourth-order valence-electron chi connectivity index (χ4n) is 2.82. The molecule has 0 atom stereocenters. The van der Waals surface area contributed by atoms with Crippen molar-refractivity contribution in [1.82, 2.24) is 20.1 Å². The number of hydrogen-bond donors (Lipinski definition) is 1. The molecule has 3 rings (SSSR count). The molecular formula is C19H21ClN4OS. The van der Waals surface area contributed by atoms with E-state index in [9.17, 15) is 4.79 Å². The highest BCUT2D eigenvalue weighted by Gasteiger charge is 2.20. The smallest absolute Gasteiger partial charge is 0.254 e. The van der Waals surface area contributed by atoms with Gasteiger partial charge in [0.05, 0.1) is 33.8 Å². The summed E-state index contributed by atoms with van der Waals surface area (Å²) >= 11 is 7.72. The first-order valence-corrected chi connectivity index (χ1v) is 9.74. The molecule has 2 heterocycles. The molecule has 0 saturated carbocycles. The van der Waals surface area contributed by atoms with Crippen molar-refractivity contribution in [3.63, 3.8) is 0 Å². The number of carbonyl (C=O) groups excluding carboxylic acids is 1. The Hall–Kier alpha value is -2.18. The van der Waals surface area contributed by atoms with Gasteiger partial charge >= 0.3 is 0 Å². The zero-order valence-corrected chi connectivity index (χ0v) is 16.6. The molecule has 3 aromatic rings. The van der Waals surface area contributed by atoms with Crippen LogP contribution in [0.25, 0.3) is 5.69 Å². The van der Waals surface area contributed by atoms with Crippen LogP contribution in [-0.2, 0) is 6.42 Å². The second-order valence-electron chi connectivity index (χ2n) is 6.35. The number of nitrogens with zero attached hydrogens (tertiary/aromatic N) is 3. The Labute approximate surface area is 162 Å². The molecule has 5 nitrogen and oxygen atoms in total. The Kier molecular flexibility index (Phi) is 5.74. The van der Waals surface area contributed by atoms with Gasteiger partial charge in [0.2, 0.25) is 0 Å². The van der Waals surface area contributed by atoms with E-state index in [4.69, 9.17) is 11.6 Å². The minimum Gasteiger partial charge on any atom is -0.352 e. The molecule has 7 heteroatoms. The average molecular weight is 389 g/mol. The van der Waals surface area contributed by atoms with Crippen LogP contribution in [0.3, 0.4) is 0 Å². The van der Waals surface area contributed by atoms with Gasteiger partial charge in [0.25, 0.3) is 5.91 Å². The number of aryl methyl sites for hydroxylation is 1. The van der Waals surface area contributed by atoms with Gasteiger partial charge in [-0.1, -0.05) is 31.5 Å². The van der Waals surface area contributed by atoms with Crippen LogP contribution < -0.4 is 5.32 Å². The second-order valence-corrected chi connectivity index (χ2v) is 7.85. The lowest BCUT2D eigenvalue weighted by Crippen LogP contribution is -2.26. The van der Waals surface area contributed by atoms with Crippen molar-refractivity contribution in [3.05, 3.63) is 62.8 Å². The van der Waals surface area contributed by atoms with E-state index in [1.54, 1.807) is 22.2 Å². The third-order valence-corrected chi connectivity index (χ3v) is 5.04. The van der Waals surface area contributed by atoms with Crippen LogP contribution in [0.5, 0.6) is 0 Å². The molecule has 0 aliphatic carbocycles. The number of hydrogen-bond acceptors (Lipinski definition) is 4.